The Hall–Kier alpha value is -2.56. The fourth-order valence-electron chi connectivity index (χ4n) is 2.16. The molecule has 2 aromatic rings. The lowest BCUT2D eigenvalue weighted by molar-refractivity contribution is 0.0999. The minimum atomic E-state index is -0.558. The number of nitrogens with zero attached hydrogens (tertiary/aromatic N) is 1. The highest BCUT2D eigenvalue weighted by Crippen LogP contribution is 2.23. The number of primary amides is 1. The molecule has 0 bridgehead atoms. The second-order valence-corrected chi connectivity index (χ2v) is 4.83. The van der Waals surface area contributed by atoms with Crippen LogP contribution in [0.3, 0.4) is 0 Å². The largest absolute Gasteiger partial charge is 0.485 e. The van der Waals surface area contributed by atoms with E-state index in [1.807, 2.05) is 19.1 Å². The van der Waals surface area contributed by atoms with Gasteiger partial charge in [-0.15, -0.1) is 0 Å². The zero-order chi connectivity index (χ0) is 15.4. The summed E-state index contributed by atoms with van der Waals surface area (Å²) in [5, 5.41) is 0. The summed E-state index contributed by atoms with van der Waals surface area (Å²) in [5.41, 5.74) is 14.8. The van der Waals surface area contributed by atoms with Crippen LogP contribution in [0.5, 0.6) is 5.75 Å². The van der Waals surface area contributed by atoms with E-state index in [0.717, 1.165) is 17.5 Å². The van der Waals surface area contributed by atoms with Crippen LogP contribution in [0.1, 0.15) is 34.0 Å². The van der Waals surface area contributed by atoms with E-state index in [9.17, 15) is 4.79 Å². The van der Waals surface area contributed by atoms with Crippen LogP contribution in [-0.4, -0.2) is 10.9 Å². The lowest BCUT2D eigenvalue weighted by Gasteiger charge is -2.14. The van der Waals surface area contributed by atoms with E-state index in [4.69, 9.17) is 16.2 Å². The number of rotatable bonds is 5. The fraction of sp³-hybridized carbons (Fsp3) is 0.250. The highest BCUT2D eigenvalue weighted by molar-refractivity contribution is 5.93. The number of benzene rings is 1. The van der Waals surface area contributed by atoms with Crippen molar-refractivity contribution in [1.29, 1.82) is 0 Å². The summed E-state index contributed by atoms with van der Waals surface area (Å²) in [6.45, 7) is 4.52. The van der Waals surface area contributed by atoms with Gasteiger partial charge in [-0.1, -0.05) is 25.1 Å². The molecule has 0 unspecified atom stereocenters. The van der Waals surface area contributed by atoms with Crippen LogP contribution in [0.25, 0.3) is 0 Å². The molecule has 0 saturated carbocycles. The Bertz CT molecular complexity index is 669. The first-order valence-corrected chi connectivity index (χ1v) is 6.78. The molecule has 0 aliphatic heterocycles. The van der Waals surface area contributed by atoms with Crippen LogP contribution in [0.15, 0.2) is 30.5 Å². The molecule has 0 aliphatic carbocycles. The Kier molecular flexibility index (Phi) is 4.42. The van der Waals surface area contributed by atoms with Gasteiger partial charge in [0.2, 0.25) is 5.91 Å². The van der Waals surface area contributed by atoms with Crippen molar-refractivity contribution in [3.8, 4) is 5.75 Å². The summed E-state index contributed by atoms with van der Waals surface area (Å²) in [7, 11) is 0. The molecule has 0 saturated heterocycles. The van der Waals surface area contributed by atoms with Gasteiger partial charge in [0, 0.05) is 6.20 Å². The standard InChI is InChI=1S/C16H19N3O2/c1-3-11-6-4-5-10(2)13(11)9-21-14-7-12(16(18)20)8-19-15(14)17/h4-8H,3,9H2,1-2H3,(H2,17,19)(H2,18,20). The summed E-state index contributed by atoms with van der Waals surface area (Å²) < 4.78 is 5.74. The summed E-state index contributed by atoms with van der Waals surface area (Å²) in [6.07, 6.45) is 2.27. The number of ether oxygens (including phenoxy) is 1. The third-order valence-corrected chi connectivity index (χ3v) is 3.43. The van der Waals surface area contributed by atoms with Crippen molar-refractivity contribution < 1.29 is 9.53 Å². The summed E-state index contributed by atoms with van der Waals surface area (Å²) in [5.74, 6) is 0.0562. The Balaban J connectivity index is 2.24. The fourth-order valence-corrected chi connectivity index (χ4v) is 2.16. The van der Waals surface area contributed by atoms with Crippen LogP contribution in [0.4, 0.5) is 5.82 Å². The van der Waals surface area contributed by atoms with E-state index in [-0.39, 0.29) is 11.4 Å². The molecule has 0 aliphatic rings. The van der Waals surface area contributed by atoms with Crippen molar-refractivity contribution in [3.05, 3.63) is 52.7 Å². The molecule has 5 nitrogen and oxygen atoms in total. The van der Waals surface area contributed by atoms with Gasteiger partial charge in [0.15, 0.2) is 11.6 Å². The van der Waals surface area contributed by atoms with Crippen molar-refractivity contribution in [2.75, 3.05) is 5.73 Å². The molecular formula is C16H19N3O2. The van der Waals surface area contributed by atoms with Crippen molar-refractivity contribution in [3.63, 3.8) is 0 Å². The van der Waals surface area contributed by atoms with Gasteiger partial charge in [-0.25, -0.2) is 4.98 Å². The normalized spacial score (nSPS) is 10.4. The number of pyridine rings is 1. The second kappa shape index (κ2) is 6.26. The molecule has 1 amide bonds. The second-order valence-electron chi connectivity index (χ2n) is 4.83. The van der Waals surface area contributed by atoms with Crippen molar-refractivity contribution in [2.45, 2.75) is 26.9 Å². The Morgan fingerprint density at radius 1 is 1.38 bits per heavy atom. The van der Waals surface area contributed by atoms with Crippen LogP contribution >= 0.6 is 0 Å². The minimum Gasteiger partial charge on any atom is -0.485 e. The maximum absolute atomic E-state index is 11.2. The van der Waals surface area contributed by atoms with Gasteiger partial charge in [0.25, 0.3) is 0 Å². The zero-order valence-corrected chi connectivity index (χ0v) is 12.2. The van der Waals surface area contributed by atoms with E-state index >= 15 is 0 Å². The maximum atomic E-state index is 11.2. The van der Waals surface area contributed by atoms with Gasteiger partial charge in [0.05, 0.1) is 5.56 Å². The molecule has 2 rings (SSSR count). The Morgan fingerprint density at radius 3 is 2.81 bits per heavy atom. The van der Waals surface area contributed by atoms with Crippen LogP contribution < -0.4 is 16.2 Å². The third-order valence-electron chi connectivity index (χ3n) is 3.43. The smallest absolute Gasteiger partial charge is 0.250 e. The van der Waals surface area contributed by atoms with Gasteiger partial charge in [-0.05, 0) is 36.1 Å². The first kappa shape index (κ1) is 14.8. The molecule has 1 aromatic heterocycles. The zero-order valence-electron chi connectivity index (χ0n) is 12.2. The SMILES string of the molecule is CCc1cccc(C)c1COc1cc(C(N)=O)cnc1N. The average Bonchev–Trinajstić information content (AvgIpc) is 2.47. The van der Waals surface area contributed by atoms with E-state index in [1.165, 1.54) is 17.8 Å². The highest BCUT2D eigenvalue weighted by Gasteiger charge is 2.10. The number of nitrogens with two attached hydrogens (primary N) is 2. The van der Waals surface area contributed by atoms with Gasteiger partial charge in [0.1, 0.15) is 6.61 Å². The van der Waals surface area contributed by atoms with Gasteiger partial charge >= 0.3 is 0 Å². The quantitative estimate of drug-likeness (QED) is 0.881. The van der Waals surface area contributed by atoms with Gasteiger partial charge in [-0.3, -0.25) is 4.79 Å². The molecule has 5 heteroatoms. The molecule has 0 spiro atoms. The summed E-state index contributed by atoms with van der Waals surface area (Å²) in [6, 6.07) is 7.67. The number of carbonyl (C=O) groups is 1. The first-order valence-electron chi connectivity index (χ1n) is 6.78. The van der Waals surface area contributed by atoms with E-state index < -0.39 is 5.91 Å². The van der Waals surface area contributed by atoms with Crippen LogP contribution in [0, 0.1) is 6.92 Å². The molecular weight excluding hydrogens is 266 g/mol. The molecule has 110 valence electrons. The average molecular weight is 285 g/mol. The van der Waals surface area contributed by atoms with Crippen LogP contribution in [0.2, 0.25) is 0 Å². The predicted molar refractivity (Wildman–Crippen MR) is 82.1 cm³/mol. The Morgan fingerprint density at radius 2 is 2.14 bits per heavy atom. The number of anilines is 1. The highest BCUT2D eigenvalue weighted by atomic mass is 16.5. The number of aryl methyl sites for hydroxylation is 2. The van der Waals surface area contributed by atoms with E-state index in [1.54, 1.807) is 0 Å². The minimum absolute atomic E-state index is 0.242. The summed E-state index contributed by atoms with van der Waals surface area (Å²) >= 11 is 0. The van der Waals surface area contributed by atoms with Crippen LogP contribution in [-0.2, 0) is 13.0 Å². The molecule has 4 N–H and O–H groups in total. The van der Waals surface area contributed by atoms with E-state index in [2.05, 4.69) is 18.0 Å². The number of carbonyl (C=O) groups excluding carboxylic acids is 1. The molecule has 0 atom stereocenters. The molecule has 1 aromatic carbocycles. The van der Waals surface area contributed by atoms with E-state index in [0.29, 0.717) is 12.4 Å². The molecule has 0 radical (unpaired) electrons. The molecule has 0 fully saturated rings. The molecule has 21 heavy (non-hydrogen) atoms. The van der Waals surface area contributed by atoms with Crippen molar-refractivity contribution in [2.24, 2.45) is 5.73 Å². The number of amides is 1. The third kappa shape index (κ3) is 3.31. The maximum Gasteiger partial charge on any atom is 0.250 e. The monoisotopic (exact) mass is 285 g/mol. The predicted octanol–water partition coefficient (Wildman–Crippen LogP) is 2.21. The number of aromatic nitrogens is 1. The Labute approximate surface area is 123 Å². The van der Waals surface area contributed by atoms with Gasteiger partial charge < -0.3 is 16.2 Å². The lowest BCUT2D eigenvalue weighted by Crippen LogP contribution is -2.12. The lowest BCUT2D eigenvalue weighted by atomic mass is 10.0. The van der Waals surface area contributed by atoms with Gasteiger partial charge in [-0.2, -0.15) is 0 Å². The topological polar surface area (TPSA) is 91.2 Å². The summed E-state index contributed by atoms with van der Waals surface area (Å²) in [4.78, 5) is 15.1. The number of nitrogen functional groups attached to an aromatic ring is 1. The van der Waals surface area contributed by atoms with Crippen molar-refractivity contribution >= 4 is 11.7 Å². The number of hydrogen-bond donors (Lipinski definition) is 2. The first-order chi connectivity index (χ1) is 10.0. The number of hydrogen-bond acceptors (Lipinski definition) is 4. The molecule has 1 heterocycles. The van der Waals surface area contributed by atoms with Crippen molar-refractivity contribution in [1.82, 2.24) is 4.98 Å².